The maximum atomic E-state index is 6.13. The topological polar surface area (TPSA) is 26.0 Å². The first-order chi connectivity index (χ1) is 7.43. The summed E-state index contributed by atoms with van der Waals surface area (Å²) < 4.78 is 0. The van der Waals surface area contributed by atoms with E-state index in [1.807, 2.05) is 23.1 Å². The van der Waals surface area contributed by atoms with E-state index in [4.69, 9.17) is 5.73 Å². The van der Waals surface area contributed by atoms with Gasteiger partial charge in [0, 0.05) is 16.2 Å². The first kappa shape index (κ1) is 14.1. The summed E-state index contributed by atoms with van der Waals surface area (Å²) in [7, 11) is 0. The molecule has 16 heavy (non-hydrogen) atoms. The second-order valence-electron chi connectivity index (χ2n) is 4.83. The SMILES string of the molecule is Cc1ccsc1C(SC(C)C(C)C)C(C)N. The molecule has 1 aromatic rings. The molecule has 1 nitrogen and oxygen atoms in total. The molecule has 3 unspecified atom stereocenters. The van der Waals surface area contributed by atoms with Gasteiger partial charge in [-0.05, 0) is 36.8 Å². The fourth-order valence-electron chi connectivity index (χ4n) is 1.49. The zero-order chi connectivity index (χ0) is 12.3. The van der Waals surface area contributed by atoms with Gasteiger partial charge < -0.3 is 5.73 Å². The number of thiophene rings is 1. The summed E-state index contributed by atoms with van der Waals surface area (Å²) in [5.41, 5.74) is 7.52. The smallest absolute Gasteiger partial charge is 0.0544 e. The van der Waals surface area contributed by atoms with Crippen molar-refractivity contribution in [1.29, 1.82) is 0 Å². The Hall–Kier alpha value is 0.01000. The zero-order valence-electron chi connectivity index (χ0n) is 10.9. The second kappa shape index (κ2) is 6.08. The summed E-state index contributed by atoms with van der Waals surface area (Å²) in [5.74, 6) is 0.700. The summed E-state index contributed by atoms with van der Waals surface area (Å²) in [6.07, 6.45) is 0. The zero-order valence-corrected chi connectivity index (χ0v) is 12.5. The van der Waals surface area contributed by atoms with Crippen LogP contribution in [0, 0.1) is 12.8 Å². The van der Waals surface area contributed by atoms with Crippen LogP contribution in [0.15, 0.2) is 11.4 Å². The summed E-state index contributed by atoms with van der Waals surface area (Å²) in [5, 5.41) is 3.26. The first-order valence-electron chi connectivity index (χ1n) is 5.88. The molecule has 0 amide bonds. The van der Waals surface area contributed by atoms with E-state index in [0.29, 0.717) is 16.4 Å². The van der Waals surface area contributed by atoms with Gasteiger partial charge in [0.15, 0.2) is 0 Å². The largest absolute Gasteiger partial charge is 0.327 e. The summed E-state index contributed by atoms with van der Waals surface area (Å²) in [6.45, 7) is 11.1. The fourth-order valence-corrected chi connectivity index (χ4v) is 4.18. The van der Waals surface area contributed by atoms with Crippen LogP contribution in [0.2, 0.25) is 0 Å². The first-order valence-corrected chi connectivity index (χ1v) is 7.70. The van der Waals surface area contributed by atoms with Crippen molar-refractivity contribution in [2.45, 2.75) is 51.2 Å². The van der Waals surface area contributed by atoms with Gasteiger partial charge in [-0.1, -0.05) is 20.8 Å². The van der Waals surface area contributed by atoms with E-state index in [9.17, 15) is 0 Å². The van der Waals surface area contributed by atoms with Crippen molar-refractivity contribution in [2.75, 3.05) is 0 Å². The maximum absolute atomic E-state index is 6.13. The van der Waals surface area contributed by atoms with Crippen molar-refractivity contribution in [3.63, 3.8) is 0 Å². The number of rotatable bonds is 5. The average molecular weight is 257 g/mol. The van der Waals surface area contributed by atoms with Crippen LogP contribution in [-0.2, 0) is 0 Å². The number of aryl methyl sites for hydroxylation is 1. The van der Waals surface area contributed by atoms with Crippen LogP contribution < -0.4 is 5.73 Å². The molecule has 0 bridgehead atoms. The van der Waals surface area contributed by atoms with Gasteiger partial charge in [0.25, 0.3) is 0 Å². The average Bonchev–Trinajstić information content (AvgIpc) is 2.59. The minimum atomic E-state index is 0.212. The molecular formula is C13H23NS2. The third-order valence-electron chi connectivity index (χ3n) is 2.94. The molecule has 0 aromatic carbocycles. The maximum Gasteiger partial charge on any atom is 0.0544 e. The van der Waals surface area contributed by atoms with Crippen molar-refractivity contribution in [2.24, 2.45) is 11.7 Å². The van der Waals surface area contributed by atoms with Gasteiger partial charge >= 0.3 is 0 Å². The summed E-state index contributed by atoms with van der Waals surface area (Å²) in [4.78, 5) is 1.45. The minimum absolute atomic E-state index is 0.212. The Balaban J connectivity index is 2.81. The van der Waals surface area contributed by atoms with Crippen LogP contribution in [0.3, 0.4) is 0 Å². The molecule has 92 valence electrons. The third-order valence-corrected chi connectivity index (χ3v) is 6.12. The van der Waals surface area contributed by atoms with Gasteiger partial charge in [-0.25, -0.2) is 0 Å². The van der Waals surface area contributed by atoms with Crippen molar-refractivity contribution < 1.29 is 0 Å². The molecule has 1 rings (SSSR count). The molecule has 3 atom stereocenters. The quantitative estimate of drug-likeness (QED) is 0.854. The Morgan fingerprint density at radius 2 is 1.88 bits per heavy atom. The molecular weight excluding hydrogens is 234 g/mol. The lowest BCUT2D eigenvalue weighted by Crippen LogP contribution is -2.25. The highest BCUT2D eigenvalue weighted by molar-refractivity contribution is 8.00. The highest BCUT2D eigenvalue weighted by Gasteiger charge is 2.23. The lowest BCUT2D eigenvalue weighted by Gasteiger charge is -2.25. The van der Waals surface area contributed by atoms with Crippen LogP contribution in [0.4, 0.5) is 0 Å². The number of hydrogen-bond acceptors (Lipinski definition) is 3. The molecule has 0 fully saturated rings. The van der Waals surface area contributed by atoms with Crippen LogP contribution >= 0.6 is 23.1 Å². The molecule has 0 aliphatic rings. The molecule has 0 aliphatic carbocycles. The predicted octanol–water partition coefficient (Wildman–Crippen LogP) is 4.22. The van der Waals surface area contributed by atoms with Crippen LogP contribution in [-0.4, -0.2) is 11.3 Å². The highest BCUT2D eigenvalue weighted by Crippen LogP contribution is 2.40. The normalized spacial score (nSPS) is 17.4. The summed E-state index contributed by atoms with van der Waals surface area (Å²) in [6, 6.07) is 2.40. The van der Waals surface area contributed by atoms with Gasteiger partial charge in [-0.15, -0.1) is 23.1 Å². The summed E-state index contributed by atoms with van der Waals surface area (Å²) >= 11 is 3.86. The van der Waals surface area contributed by atoms with Crippen molar-refractivity contribution in [3.05, 3.63) is 21.9 Å². The highest BCUT2D eigenvalue weighted by atomic mass is 32.2. The molecule has 0 radical (unpaired) electrons. The third kappa shape index (κ3) is 3.51. The Kier molecular flexibility index (Phi) is 5.35. The molecule has 0 saturated heterocycles. The molecule has 3 heteroatoms. The van der Waals surface area contributed by atoms with E-state index < -0.39 is 0 Å². The number of nitrogens with two attached hydrogens (primary N) is 1. The molecule has 1 heterocycles. The Morgan fingerprint density at radius 3 is 2.25 bits per heavy atom. The lowest BCUT2D eigenvalue weighted by atomic mass is 10.1. The monoisotopic (exact) mass is 257 g/mol. The predicted molar refractivity (Wildman–Crippen MR) is 77.3 cm³/mol. The van der Waals surface area contributed by atoms with Crippen molar-refractivity contribution in [1.82, 2.24) is 0 Å². The van der Waals surface area contributed by atoms with E-state index in [1.54, 1.807) is 0 Å². The second-order valence-corrected chi connectivity index (χ2v) is 7.30. The van der Waals surface area contributed by atoms with Crippen LogP contribution in [0.25, 0.3) is 0 Å². The number of hydrogen-bond donors (Lipinski definition) is 1. The molecule has 0 spiro atoms. The van der Waals surface area contributed by atoms with Gasteiger partial charge in [-0.3, -0.25) is 0 Å². The molecule has 2 N–H and O–H groups in total. The van der Waals surface area contributed by atoms with Gasteiger partial charge in [0.1, 0.15) is 0 Å². The Morgan fingerprint density at radius 1 is 1.25 bits per heavy atom. The van der Waals surface area contributed by atoms with E-state index in [2.05, 4.69) is 46.1 Å². The van der Waals surface area contributed by atoms with Crippen LogP contribution in [0.1, 0.15) is 43.4 Å². The minimum Gasteiger partial charge on any atom is -0.327 e. The van der Waals surface area contributed by atoms with E-state index in [0.717, 1.165) is 0 Å². The Bertz CT molecular complexity index is 317. The van der Waals surface area contributed by atoms with Gasteiger partial charge in [0.2, 0.25) is 0 Å². The van der Waals surface area contributed by atoms with Gasteiger partial charge in [-0.2, -0.15) is 0 Å². The standard InChI is InChI=1S/C13H23NS2/c1-8(2)11(5)16-13(10(4)14)12-9(3)6-7-15-12/h6-8,10-11,13H,14H2,1-5H3. The lowest BCUT2D eigenvalue weighted by molar-refractivity contribution is 0.632. The number of thioether (sulfide) groups is 1. The van der Waals surface area contributed by atoms with E-state index >= 15 is 0 Å². The van der Waals surface area contributed by atoms with Crippen molar-refractivity contribution >= 4 is 23.1 Å². The van der Waals surface area contributed by atoms with Gasteiger partial charge in [0.05, 0.1) is 5.25 Å². The van der Waals surface area contributed by atoms with Crippen molar-refractivity contribution in [3.8, 4) is 0 Å². The van der Waals surface area contributed by atoms with Crippen LogP contribution in [0.5, 0.6) is 0 Å². The molecule has 1 aromatic heterocycles. The van der Waals surface area contributed by atoms with E-state index in [-0.39, 0.29) is 6.04 Å². The molecule has 0 aliphatic heterocycles. The van der Waals surface area contributed by atoms with E-state index in [1.165, 1.54) is 10.4 Å². The Labute approximate surface area is 108 Å². The molecule has 0 saturated carbocycles. The fraction of sp³-hybridized carbons (Fsp3) is 0.692.